The van der Waals surface area contributed by atoms with E-state index in [4.69, 9.17) is 13.6 Å². The Bertz CT molecular complexity index is 744. The van der Waals surface area contributed by atoms with Gasteiger partial charge in [-0.1, -0.05) is 53.7 Å². The molecule has 5 nitrogen and oxygen atoms in total. The third-order valence-electron chi connectivity index (χ3n) is 8.55. The van der Waals surface area contributed by atoms with Gasteiger partial charge in [0.25, 0.3) is 0 Å². The quantitative estimate of drug-likeness (QED) is 0.0906. The van der Waals surface area contributed by atoms with E-state index in [2.05, 4.69) is 79.9 Å². The van der Waals surface area contributed by atoms with Crippen LogP contribution in [0.1, 0.15) is 80.6 Å². The zero-order chi connectivity index (χ0) is 27.9. The van der Waals surface area contributed by atoms with E-state index in [0.717, 1.165) is 32.1 Å². The number of methoxy groups -OCH3 is 1. The average Bonchev–Trinajstić information content (AvgIpc) is 3.10. The second-order valence-corrected chi connectivity index (χ2v) is 23.2. The number of carbonyl (C=O) groups excluding carboxylic acids is 1. The van der Waals surface area contributed by atoms with Crippen LogP contribution in [0, 0.1) is 11.8 Å². The number of esters is 1. The highest BCUT2D eigenvalue weighted by Crippen LogP contribution is 2.46. The van der Waals surface area contributed by atoms with E-state index < -0.39 is 16.6 Å². The van der Waals surface area contributed by atoms with Gasteiger partial charge in [-0.15, -0.1) is 0 Å². The molecule has 1 aliphatic rings. The average molecular weight is 541 g/mol. The van der Waals surface area contributed by atoms with Gasteiger partial charge in [-0.05, 0) is 93.2 Å². The molecule has 0 heterocycles. The maximum atomic E-state index is 12.0. The van der Waals surface area contributed by atoms with Crippen LogP contribution in [-0.4, -0.2) is 53.1 Å². The van der Waals surface area contributed by atoms with Gasteiger partial charge in [0.05, 0.1) is 19.3 Å². The lowest BCUT2D eigenvalue weighted by molar-refractivity contribution is -0.134. The topological polar surface area (TPSA) is 65.0 Å². The Kier molecular flexibility index (Phi) is 12.4. The molecule has 0 aromatic carbocycles. The Labute approximate surface area is 224 Å². The van der Waals surface area contributed by atoms with Gasteiger partial charge in [-0.3, -0.25) is 0 Å². The molecular formula is C29H56O5Si2. The molecule has 0 aromatic heterocycles. The SMILES string of the molecule is COC(=O)/C=C/[C@@H](O[Si](C)(C)C(C)(C)C)[C@@H]1C[C@@H](O[Si](C)(C)C(C)(C)C)C[C@H]1/C=C/CCC[C@H](C)O. The second-order valence-electron chi connectivity index (χ2n) is 13.7. The standard InChI is InChI=1S/C29H56O5Si2/c1-22(30)16-14-13-15-17-23-20-24(33-35(9,10)28(2,3)4)21-25(23)26(18-19-27(31)32-8)34-36(11,12)29(5,6)7/h15,17-19,22-26,30H,13-14,16,20-21H2,1-12H3/b17-15+,19-18+/t22-,23+,24-,25+,26+/m0/s1. The van der Waals surface area contributed by atoms with Crippen LogP contribution in [0.25, 0.3) is 0 Å². The van der Waals surface area contributed by atoms with Crippen LogP contribution in [0.15, 0.2) is 24.3 Å². The molecule has 0 saturated heterocycles. The molecule has 0 amide bonds. The largest absolute Gasteiger partial charge is 0.466 e. The smallest absolute Gasteiger partial charge is 0.330 e. The molecule has 0 aromatic rings. The minimum atomic E-state index is -2.09. The number of unbranched alkanes of at least 4 members (excludes halogenated alkanes) is 1. The Morgan fingerprint density at radius 3 is 2.11 bits per heavy atom. The third kappa shape index (κ3) is 10.2. The molecule has 1 rings (SSSR count). The van der Waals surface area contributed by atoms with Gasteiger partial charge in [-0.25, -0.2) is 4.79 Å². The lowest BCUT2D eigenvalue weighted by Gasteiger charge is -2.41. The highest BCUT2D eigenvalue weighted by atomic mass is 28.4. The van der Waals surface area contributed by atoms with Gasteiger partial charge in [0.2, 0.25) is 0 Å². The molecule has 0 spiro atoms. The van der Waals surface area contributed by atoms with E-state index in [0.29, 0.717) is 5.92 Å². The van der Waals surface area contributed by atoms with Gasteiger partial charge >= 0.3 is 5.97 Å². The number of aliphatic hydroxyl groups excluding tert-OH is 1. The van der Waals surface area contributed by atoms with Crippen molar-refractivity contribution in [1.82, 2.24) is 0 Å². The van der Waals surface area contributed by atoms with Crippen LogP contribution in [0.5, 0.6) is 0 Å². The number of aliphatic hydroxyl groups is 1. The van der Waals surface area contributed by atoms with Crippen molar-refractivity contribution >= 4 is 22.6 Å². The molecule has 0 unspecified atom stereocenters. The molecule has 1 N–H and O–H groups in total. The van der Waals surface area contributed by atoms with E-state index in [1.807, 2.05) is 13.0 Å². The number of carbonyl (C=O) groups is 1. The highest BCUT2D eigenvalue weighted by molar-refractivity contribution is 6.74. The van der Waals surface area contributed by atoms with Crippen LogP contribution >= 0.6 is 0 Å². The molecule has 210 valence electrons. The fourth-order valence-corrected chi connectivity index (χ4v) is 6.84. The Morgan fingerprint density at radius 2 is 1.61 bits per heavy atom. The summed E-state index contributed by atoms with van der Waals surface area (Å²) in [6.45, 7) is 24.6. The molecule has 1 saturated carbocycles. The van der Waals surface area contributed by atoms with Crippen molar-refractivity contribution in [2.75, 3.05) is 7.11 Å². The summed E-state index contributed by atoms with van der Waals surface area (Å²) in [7, 11) is -2.59. The summed E-state index contributed by atoms with van der Waals surface area (Å²) in [5, 5.41) is 9.80. The van der Waals surface area contributed by atoms with E-state index in [1.54, 1.807) is 0 Å². The van der Waals surface area contributed by atoms with Crippen molar-refractivity contribution in [3.8, 4) is 0 Å². The summed E-state index contributed by atoms with van der Waals surface area (Å²) in [6.07, 6.45) is 12.4. The molecule has 1 fully saturated rings. The van der Waals surface area contributed by atoms with Crippen molar-refractivity contribution in [3.05, 3.63) is 24.3 Å². The zero-order valence-electron chi connectivity index (χ0n) is 25.3. The lowest BCUT2D eigenvalue weighted by atomic mass is 9.89. The zero-order valence-corrected chi connectivity index (χ0v) is 27.3. The minimum Gasteiger partial charge on any atom is -0.466 e. The van der Waals surface area contributed by atoms with E-state index >= 15 is 0 Å². The number of rotatable bonds is 12. The van der Waals surface area contributed by atoms with Gasteiger partial charge in [0, 0.05) is 12.2 Å². The van der Waals surface area contributed by atoms with Crippen molar-refractivity contribution in [2.45, 2.75) is 135 Å². The van der Waals surface area contributed by atoms with Crippen molar-refractivity contribution in [3.63, 3.8) is 0 Å². The normalized spacial score (nSPS) is 24.0. The maximum Gasteiger partial charge on any atom is 0.330 e. The van der Waals surface area contributed by atoms with Gasteiger partial charge < -0.3 is 18.7 Å². The molecule has 0 radical (unpaired) electrons. The summed E-state index contributed by atoms with van der Waals surface area (Å²) in [4.78, 5) is 12.0. The Balaban J connectivity index is 3.28. The first-order chi connectivity index (χ1) is 16.3. The minimum absolute atomic E-state index is 0.0618. The molecular weight excluding hydrogens is 484 g/mol. The fraction of sp³-hybridized carbons (Fsp3) is 0.828. The molecule has 1 aliphatic carbocycles. The number of hydrogen-bond acceptors (Lipinski definition) is 5. The van der Waals surface area contributed by atoms with Crippen LogP contribution < -0.4 is 0 Å². The lowest BCUT2D eigenvalue weighted by Crippen LogP contribution is -2.46. The monoisotopic (exact) mass is 540 g/mol. The summed E-state index contributed by atoms with van der Waals surface area (Å²) >= 11 is 0. The van der Waals surface area contributed by atoms with Crippen LogP contribution in [0.4, 0.5) is 0 Å². The number of allylic oxidation sites excluding steroid dienone is 2. The molecule has 0 bridgehead atoms. The molecule has 0 aliphatic heterocycles. The first-order valence-corrected chi connectivity index (χ1v) is 19.6. The van der Waals surface area contributed by atoms with Gasteiger partial charge in [0.1, 0.15) is 0 Å². The number of hydrogen-bond donors (Lipinski definition) is 1. The first kappa shape index (κ1) is 33.3. The molecule has 5 atom stereocenters. The van der Waals surface area contributed by atoms with E-state index in [9.17, 15) is 9.90 Å². The number of ether oxygens (including phenoxy) is 1. The van der Waals surface area contributed by atoms with Gasteiger partial charge in [0.15, 0.2) is 16.6 Å². The Hall–Kier alpha value is -0.736. The predicted octanol–water partition coefficient (Wildman–Crippen LogP) is 7.63. The Morgan fingerprint density at radius 1 is 1.03 bits per heavy atom. The first-order valence-electron chi connectivity index (χ1n) is 13.8. The highest BCUT2D eigenvalue weighted by Gasteiger charge is 2.46. The van der Waals surface area contributed by atoms with Crippen molar-refractivity contribution in [1.29, 1.82) is 0 Å². The van der Waals surface area contributed by atoms with Crippen LogP contribution in [0.2, 0.25) is 36.3 Å². The summed E-state index contributed by atoms with van der Waals surface area (Å²) in [5.41, 5.74) is 0. The van der Waals surface area contributed by atoms with Crippen LogP contribution in [0.3, 0.4) is 0 Å². The molecule has 36 heavy (non-hydrogen) atoms. The van der Waals surface area contributed by atoms with E-state index in [1.165, 1.54) is 13.2 Å². The van der Waals surface area contributed by atoms with Gasteiger partial charge in [-0.2, -0.15) is 0 Å². The van der Waals surface area contributed by atoms with Crippen molar-refractivity contribution < 1.29 is 23.5 Å². The summed E-state index contributed by atoms with van der Waals surface area (Å²) in [6, 6.07) is 0. The van der Waals surface area contributed by atoms with Crippen LogP contribution in [-0.2, 0) is 18.4 Å². The van der Waals surface area contributed by atoms with E-state index in [-0.39, 0.29) is 40.3 Å². The maximum absolute atomic E-state index is 12.0. The molecule has 7 heteroatoms. The van der Waals surface area contributed by atoms with Crippen molar-refractivity contribution in [2.24, 2.45) is 11.8 Å². The predicted molar refractivity (Wildman–Crippen MR) is 156 cm³/mol. The second kappa shape index (κ2) is 13.4. The summed E-state index contributed by atoms with van der Waals surface area (Å²) in [5.74, 6) is 0.183. The fourth-order valence-electron chi connectivity index (χ4n) is 4.17. The summed E-state index contributed by atoms with van der Waals surface area (Å²) < 4.78 is 18.7. The third-order valence-corrected chi connectivity index (χ3v) is 17.6.